The minimum atomic E-state index is -0.182. The minimum absolute atomic E-state index is 0.119. The van der Waals surface area contributed by atoms with Crippen molar-refractivity contribution >= 4 is 22.5 Å². The summed E-state index contributed by atoms with van der Waals surface area (Å²) in [7, 11) is 4.14. The van der Waals surface area contributed by atoms with E-state index in [2.05, 4.69) is 66.7 Å². The summed E-state index contributed by atoms with van der Waals surface area (Å²) in [6.07, 6.45) is 9.61. The monoisotopic (exact) mass is 528 g/mol. The van der Waals surface area contributed by atoms with Crippen LogP contribution in [0.25, 0.3) is 21.9 Å². The smallest absolute Gasteiger partial charge is 0.258 e. The Hall–Kier alpha value is -3.57. The molecular formula is C29H36N8O2. The number of anilines is 1. The molecule has 0 radical (unpaired) electrons. The van der Waals surface area contributed by atoms with Crippen molar-refractivity contribution in [2.45, 2.75) is 12.7 Å². The molecule has 0 spiro atoms. The fraction of sp³-hybridized carbons (Fsp3) is 0.414. The van der Waals surface area contributed by atoms with Gasteiger partial charge < -0.3 is 20.3 Å². The number of fused-ring (bicyclic) bond motifs is 1. The Labute approximate surface area is 228 Å². The van der Waals surface area contributed by atoms with Crippen LogP contribution in [-0.2, 0) is 23.1 Å². The van der Waals surface area contributed by atoms with Crippen molar-refractivity contribution in [3.63, 3.8) is 0 Å². The van der Waals surface area contributed by atoms with Gasteiger partial charge in [0.05, 0.1) is 36.8 Å². The number of morpholine rings is 1. The summed E-state index contributed by atoms with van der Waals surface area (Å²) in [5.41, 5.74) is 3.97. The molecular weight excluding hydrogens is 492 g/mol. The van der Waals surface area contributed by atoms with Crippen LogP contribution in [0.15, 0.2) is 60.6 Å². The highest BCUT2D eigenvalue weighted by Gasteiger charge is 2.23. The average molecular weight is 529 g/mol. The number of nitrogens with zero attached hydrogens (tertiary/aromatic N) is 6. The van der Waals surface area contributed by atoms with Crippen LogP contribution in [0.1, 0.15) is 5.69 Å². The van der Waals surface area contributed by atoms with Crippen LogP contribution in [0.2, 0.25) is 0 Å². The van der Waals surface area contributed by atoms with Gasteiger partial charge in [-0.25, -0.2) is 4.98 Å². The molecule has 10 heteroatoms. The van der Waals surface area contributed by atoms with E-state index in [9.17, 15) is 4.79 Å². The van der Waals surface area contributed by atoms with E-state index in [-0.39, 0.29) is 12.1 Å². The lowest BCUT2D eigenvalue weighted by molar-refractivity contribution is -0.112. The normalized spacial score (nSPS) is 21.1. The number of carbonyl (C=O) groups excluding carboxylic acids is 1. The number of hydrogen-bond donors (Lipinski definition) is 2. The highest BCUT2D eigenvalue weighted by atomic mass is 16.5. The van der Waals surface area contributed by atoms with Gasteiger partial charge in [-0.3, -0.25) is 19.3 Å². The van der Waals surface area contributed by atoms with E-state index >= 15 is 0 Å². The fourth-order valence-electron chi connectivity index (χ4n) is 5.37. The largest absolute Gasteiger partial charge is 0.379 e. The molecule has 39 heavy (non-hydrogen) atoms. The van der Waals surface area contributed by atoms with Crippen molar-refractivity contribution in [2.24, 2.45) is 7.05 Å². The zero-order valence-corrected chi connectivity index (χ0v) is 22.6. The summed E-state index contributed by atoms with van der Waals surface area (Å²) in [5, 5.41) is 12.9. The molecule has 1 unspecified atom stereocenters. The molecule has 1 atom stereocenters. The molecule has 1 aromatic carbocycles. The van der Waals surface area contributed by atoms with Crippen LogP contribution in [-0.4, -0.2) is 101 Å². The number of carbonyl (C=O) groups is 1. The third-order valence-electron chi connectivity index (χ3n) is 7.87. The Kier molecular flexibility index (Phi) is 7.43. The zero-order valence-electron chi connectivity index (χ0n) is 22.6. The van der Waals surface area contributed by atoms with Crippen LogP contribution >= 0.6 is 0 Å². The van der Waals surface area contributed by atoms with Crippen LogP contribution < -0.4 is 10.6 Å². The third kappa shape index (κ3) is 5.74. The highest BCUT2D eigenvalue weighted by molar-refractivity contribution is 6.06. The molecule has 3 aliphatic rings. The number of aryl methyl sites for hydroxylation is 1. The molecule has 3 aliphatic heterocycles. The van der Waals surface area contributed by atoms with Crippen LogP contribution in [0.4, 0.5) is 5.82 Å². The Morgan fingerprint density at radius 2 is 1.87 bits per heavy atom. The first-order chi connectivity index (χ1) is 19.0. The number of pyridine rings is 1. The summed E-state index contributed by atoms with van der Waals surface area (Å²) in [4.78, 5) is 24.6. The Bertz CT molecular complexity index is 1400. The third-order valence-corrected chi connectivity index (χ3v) is 7.87. The molecule has 0 saturated carbocycles. The number of ether oxygens (including phenoxy) is 1. The molecule has 0 aliphatic carbocycles. The number of nitrogens with one attached hydrogen (secondary N) is 2. The van der Waals surface area contributed by atoms with E-state index < -0.39 is 0 Å². The second kappa shape index (κ2) is 11.3. The number of piperazine rings is 1. The lowest BCUT2D eigenvalue weighted by Gasteiger charge is -2.37. The van der Waals surface area contributed by atoms with Crippen molar-refractivity contribution in [3.05, 3.63) is 66.3 Å². The number of hydrogen-bond acceptors (Lipinski definition) is 8. The maximum absolute atomic E-state index is 13.0. The van der Waals surface area contributed by atoms with E-state index in [0.717, 1.165) is 80.9 Å². The Morgan fingerprint density at radius 1 is 1.05 bits per heavy atom. The Morgan fingerprint density at radius 3 is 2.64 bits per heavy atom. The molecule has 6 rings (SSSR count). The van der Waals surface area contributed by atoms with E-state index in [1.807, 2.05) is 30.1 Å². The van der Waals surface area contributed by atoms with Crippen LogP contribution in [0, 0.1) is 0 Å². The van der Waals surface area contributed by atoms with Gasteiger partial charge in [0.25, 0.3) is 5.91 Å². The van der Waals surface area contributed by atoms with Crippen molar-refractivity contribution in [2.75, 3.05) is 64.8 Å². The molecule has 2 aromatic heterocycles. The van der Waals surface area contributed by atoms with E-state index in [1.165, 1.54) is 5.69 Å². The van der Waals surface area contributed by atoms with E-state index in [0.29, 0.717) is 11.4 Å². The summed E-state index contributed by atoms with van der Waals surface area (Å²) < 4.78 is 7.47. The second-order valence-electron chi connectivity index (χ2n) is 10.5. The van der Waals surface area contributed by atoms with Gasteiger partial charge in [-0.2, -0.15) is 5.10 Å². The van der Waals surface area contributed by atoms with Gasteiger partial charge in [0, 0.05) is 76.2 Å². The fourth-order valence-corrected chi connectivity index (χ4v) is 5.37. The summed E-state index contributed by atoms with van der Waals surface area (Å²) >= 11 is 0. The van der Waals surface area contributed by atoms with Crippen LogP contribution in [0.5, 0.6) is 0 Å². The predicted molar refractivity (Wildman–Crippen MR) is 152 cm³/mol. The van der Waals surface area contributed by atoms with Gasteiger partial charge in [0.2, 0.25) is 0 Å². The maximum atomic E-state index is 13.0. The van der Waals surface area contributed by atoms with Gasteiger partial charge in [-0.1, -0.05) is 12.1 Å². The number of dihydropyridines is 1. The lowest BCUT2D eigenvalue weighted by Crippen LogP contribution is -2.52. The number of benzene rings is 1. The highest BCUT2D eigenvalue weighted by Crippen LogP contribution is 2.29. The molecule has 5 heterocycles. The molecule has 2 N–H and O–H groups in total. The first-order valence-corrected chi connectivity index (χ1v) is 13.6. The molecule has 0 bridgehead atoms. The van der Waals surface area contributed by atoms with Crippen LogP contribution in [0.3, 0.4) is 0 Å². The van der Waals surface area contributed by atoms with Gasteiger partial charge in [-0.15, -0.1) is 0 Å². The number of rotatable bonds is 6. The topological polar surface area (TPSA) is 90.8 Å². The molecule has 3 aromatic rings. The quantitative estimate of drug-likeness (QED) is 0.502. The lowest BCUT2D eigenvalue weighted by atomic mass is 10.0. The molecule has 1 amide bonds. The van der Waals surface area contributed by atoms with Gasteiger partial charge in [0.15, 0.2) is 0 Å². The first-order valence-electron chi connectivity index (χ1n) is 13.6. The number of amides is 1. The van der Waals surface area contributed by atoms with E-state index in [1.54, 1.807) is 12.4 Å². The van der Waals surface area contributed by atoms with Crippen molar-refractivity contribution in [1.82, 2.24) is 34.8 Å². The van der Waals surface area contributed by atoms with Gasteiger partial charge in [0.1, 0.15) is 5.82 Å². The average Bonchev–Trinajstić information content (AvgIpc) is 3.33. The molecule has 2 fully saturated rings. The summed E-state index contributed by atoms with van der Waals surface area (Å²) in [5.74, 6) is 0.346. The van der Waals surface area contributed by atoms with Crippen molar-refractivity contribution in [1.29, 1.82) is 0 Å². The standard InChI is InChI=1S/C29H36N8O2/c1-34-7-9-37(10-8-34)28-6-5-23(18-31-28)29(38)33-27-16-24-15-21(3-4-22(24)17-30-27)25-19-32-35(2)26(25)20-36-11-13-39-14-12-36/h3-6,15-19,28,31H,7-14,20H2,1-2H3,(H,30,33,38). The maximum Gasteiger partial charge on any atom is 0.258 e. The van der Waals surface area contributed by atoms with Crippen molar-refractivity contribution in [3.8, 4) is 11.1 Å². The van der Waals surface area contributed by atoms with Gasteiger partial charge in [-0.05, 0) is 42.3 Å². The summed E-state index contributed by atoms with van der Waals surface area (Å²) in [6, 6.07) is 8.27. The molecule has 2 saturated heterocycles. The molecule has 10 nitrogen and oxygen atoms in total. The molecule has 204 valence electrons. The zero-order chi connectivity index (χ0) is 26.8. The number of aromatic nitrogens is 3. The number of likely N-dealkylation sites (N-methyl/N-ethyl adjacent to an activating group) is 1. The van der Waals surface area contributed by atoms with E-state index in [4.69, 9.17) is 4.74 Å². The first kappa shape index (κ1) is 25.7. The predicted octanol–water partition coefficient (Wildman–Crippen LogP) is 2.02. The van der Waals surface area contributed by atoms with Crippen molar-refractivity contribution < 1.29 is 9.53 Å². The Balaban J connectivity index is 1.15. The second-order valence-corrected chi connectivity index (χ2v) is 10.5. The minimum Gasteiger partial charge on any atom is -0.379 e. The SMILES string of the molecule is CN1CCN(C2C=CC(C(=O)Nc3cc4cc(-c5cnn(C)c5CN5CCOCC5)ccc4cn3)=CN2)CC1. The summed E-state index contributed by atoms with van der Waals surface area (Å²) in [6.45, 7) is 8.33. The van der Waals surface area contributed by atoms with Gasteiger partial charge >= 0.3 is 0 Å².